The molecule has 1 amide bonds. The van der Waals surface area contributed by atoms with Crippen LogP contribution < -0.4 is 5.32 Å². The maximum absolute atomic E-state index is 13.5. The van der Waals surface area contributed by atoms with Gasteiger partial charge in [0.25, 0.3) is 5.91 Å². The van der Waals surface area contributed by atoms with E-state index in [1.807, 2.05) is 0 Å². The van der Waals surface area contributed by atoms with Gasteiger partial charge in [-0.25, -0.2) is 9.37 Å². The smallest absolute Gasteiger partial charge is 0.269 e. The van der Waals surface area contributed by atoms with Gasteiger partial charge in [0.05, 0.1) is 0 Å². The fourth-order valence-corrected chi connectivity index (χ4v) is 1.71. The van der Waals surface area contributed by atoms with E-state index in [4.69, 9.17) is 0 Å². The summed E-state index contributed by atoms with van der Waals surface area (Å²) in [7, 11) is 0. The summed E-state index contributed by atoms with van der Waals surface area (Å²) in [6, 6.07) is 8.06. The molecule has 1 aromatic heterocycles. The van der Waals surface area contributed by atoms with Gasteiger partial charge in [-0.1, -0.05) is 31.5 Å². The van der Waals surface area contributed by atoms with Crippen molar-refractivity contribution in [1.29, 1.82) is 0 Å². The fraction of sp³-hybridized carbons (Fsp3) is 0.286. The van der Waals surface area contributed by atoms with Gasteiger partial charge in [0.2, 0.25) is 0 Å². The lowest BCUT2D eigenvalue weighted by molar-refractivity contribution is 0.0948. The molecule has 4 heteroatoms. The second-order valence-electron chi connectivity index (χ2n) is 4.12. The number of para-hydroxylation sites is 1. The van der Waals surface area contributed by atoms with Crippen LogP contribution in [0.3, 0.4) is 0 Å². The molecule has 0 bridgehead atoms. The number of fused-ring (bicyclic) bond motifs is 1. The van der Waals surface area contributed by atoms with E-state index >= 15 is 0 Å². The van der Waals surface area contributed by atoms with Crippen LogP contribution in [0.25, 0.3) is 10.9 Å². The van der Waals surface area contributed by atoms with Crippen molar-refractivity contribution in [3.8, 4) is 0 Å². The van der Waals surface area contributed by atoms with E-state index in [9.17, 15) is 9.18 Å². The number of nitrogens with zero attached hydrogens (tertiary/aromatic N) is 1. The molecule has 0 aliphatic carbocycles. The number of carbonyl (C=O) groups excluding carboxylic acids is 1. The molecule has 1 N–H and O–H groups in total. The number of pyridine rings is 1. The van der Waals surface area contributed by atoms with Crippen LogP contribution in [0.15, 0.2) is 30.3 Å². The molecule has 94 valence electrons. The molecular formula is C14H15FN2O. The zero-order valence-corrected chi connectivity index (χ0v) is 10.2. The number of aromatic nitrogens is 1. The van der Waals surface area contributed by atoms with Gasteiger partial charge < -0.3 is 5.32 Å². The number of hydrogen-bond acceptors (Lipinski definition) is 2. The molecule has 0 saturated heterocycles. The lowest BCUT2D eigenvalue weighted by Gasteiger charge is -2.05. The number of carbonyl (C=O) groups is 1. The normalized spacial score (nSPS) is 10.6. The topological polar surface area (TPSA) is 42.0 Å². The first-order valence-corrected chi connectivity index (χ1v) is 6.06. The zero-order chi connectivity index (χ0) is 13.0. The van der Waals surface area contributed by atoms with Crippen LogP contribution in [0, 0.1) is 5.82 Å². The minimum absolute atomic E-state index is 0.237. The molecule has 0 atom stereocenters. The first-order valence-electron chi connectivity index (χ1n) is 6.06. The second kappa shape index (κ2) is 5.58. The number of benzene rings is 1. The highest BCUT2D eigenvalue weighted by Crippen LogP contribution is 2.15. The Morgan fingerprint density at radius 1 is 1.33 bits per heavy atom. The zero-order valence-electron chi connectivity index (χ0n) is 10.2. The van der Waals surface area contributed by atoms with Crippen molar-refractivity contribution in [2.24, 2.45) is 0 Å². The largest absolute Gasteiger partial charge is 0.351 e. The van der Waals surface area contributed by atoms with Crippen molar-refractivity contribution in [3.05, 3.63) is 41.8 Å². The van der Waals surface area contributed by atoms with Gasteiger partial charge in [0.1, 0.15) is 17.0 Å². The summed E-state index contributed by atoms with van der Waals surface area (Å²) in [4.78, 5) is 15.8. The van der Waals surface area contributed by atoms with Gasteiger partial charge in [-0.15, -0.1) is 0 Å². The van der Waals surface area contributed by atoms with E-state index in [1.165, 1.54) is 6.07 Å². The Bertz CT molecular complexity index is 569. The Labute approximate surface area is 105 Å². The van der Waals surface area contributed by atoms with Gasteiger partial charge in [0.15, 0.2) is 0 Å². The van der Waals surface area contributed by atoms with E-state index in [1.54, 1.807) is 24.3 Å². The van der Waals surface area contributed by atoms with Crippen LogP contribution in [0.5, 0.6) is 0 Å². The summed E-state index contributed by atoms with van der Waals surface area (Å²) in [5.41, 5.74) is 0.490. The van der Waals surface area contributed by atoms with E-state index in [0.717, 1.165) is 12.8 Å². The van der Waals surface area contributed by atoms with Gasteiger partial charge in [-0.3, -0.25) is 4.79 Å². The van der Waals surface area contributed by atoms with Crippen molar-refractivity contribution in [1.82, 2.24) is 10.3 Å². The predicted molar refractivity (Wildman–Crippen MR) is 68.9 cm³/mol. The molecule has 3 nitrogen and oxygen atoms in total. The average molecular weight is 246 g/mol. The highest BCUT2D eigenvalue weighted by Gasteiger charge is 2.09. The maximum atomic E-state index is 13.5. The van der Waals surface area contributed by atoms with Crippen molar-refractivity contribution < 1.29 is 9.18 Å². The Kier molecular flexibility index (Phi) is 3.87. The lowest BCUT2D eigenvalue weighted by Crippen LogP contribution is -2.25. The SMILES string of the molecule is CCCCNC(=O)c1ccc2cccc(F)c2n1. The van der Waals surface area contributed by atoms with Gasteiger partial charge >= 0.3 is 0 Å². The molecule has 2 aromatic rings. The van der Waals surface area contributed by atoms with Crippen LogP contribution >= 0.6 is 0 Å². The molecule has 0 fully saturated rings. The number of nitrogens with one attached hydrogen (secondary N) is 1. The highest BCUT2D eigenvalue weighted by molar-refractivity contribution is 5.94. The minimum Gasteiger partial charge on any atom is -0.351 e. The summed E-state index contributed by atoms with van der Waals surface area (Å²) in [6.45, 7) is 2.67. The van der Waals surface area contributed by atoms with Crippen LogP contribution in [-0.4, -0.2) is 17.4 Å². The molecular weight excluding hydrogens is 231 g/mol. The Morgan fingerprint density at radius 2 is 2.17 bits per heavy atom. The highest BCUT2D eigenvalue weighted by atomic mass is 19.1. The third kappa shape index (κ3) is 2.64. The van der Waals surface area contributed by atoms with E-state index in [-0.39, 0.29) is 17.1 Å². The van der Waals surface area contributed by atoms with Gasteiger partial charge in [0, 0.05) is 11.9 Å². The van der Waals surface area contributed by atoms with Gasteiger partial charge in [-0.05, 0) is 18.6 Å². The fourth-order valence-electron chi connectivity index (χ4n) is 1.71. The predicted octanol–water partition coefficient (Wildman–Crippen LogP) is 2.90. The van der Waals surface area contributed by atoms with Crippen LogP contribution in [-0.2, 0) is 0 Å². The number of halogens is 1. The van der Waals surface area contributed by atoms with E-state index in [2.05, 4.69) is 17.2 Å². The summed E-state index contributed by atoms with van der Waals surface area (Å²) >= 11 is 0. The molecule has 18 heavy (non-hydrogen) atoms. The monoisotopic (exact) mass is 246 g/mol. The summed E-state index contributed by atoms with van der Waals surface area (Å²) in [6.07, 6.45) is 1.94. The molecule has 0 aliphatic heterocycles. The van der Waals surface area contributed by atoms with E-state index < -0.39 is 5.82 Å². The van der Waals surface area contributed by atoms with Crippen molar-refractivity contribution >= 4 is 16.8 Å². The molecule has 0 spiro atoms. The molecule has 1 heterocycles. The Balaban J connectivity index is 2.24. The quantitative estimate of drug-likeness (QED) is 0.843. The molecule has 2 rings (SSSR count). The molecule has 0 saturated carbocycles. The van der Waals surface area contributed by atoms with Crippen molar-refractivity contribution in [2.45, 2.75) is 19.8 Å². The van der Waals surface area contributed by atoms with Crippen LogP contribution in [0.2, 0.25) is 0 Å². The minimum atomic E-state index is -0.407. The summed E-state index contributed by atoms with van der Waals surface area (Å²) in [5, 5.41) is 3.45. The molecule has 0 radical (unpaired) electrons. The van der Waals surface area contributed by atoms with Crippen LogP contribution in [0.4, 0.5) is 4.39 Å². The first-order chi connectivity index (χ1) is 8.72. The summed E-state index contributed by atoms with van der Waals surface area (Å²) < 4.78 is 13.5. The average Bonchev–Trinajstić information content (AvgIpc) is 2.39. The number of amides is 1. The first kappa shape index (κ1) is 12.5. The number of unbranched alkanes of at least 4 members (excludes halogenated alkanes) is 1. The third-order valence-corrected chi connectivity index (χ3v) is 2.72. The van der Waals surface area contributed by atoms with Crippen molar-refractivity contribution in [3.63, 3.8) is 0 Å². The molecule has 0 unspecified atom stereocenters. The number of rotatable bonds is 4. The van der Waals surface area contributed by atoms with Crippen molar-refractivity contribution in [2.75, 3.05) is 6.54 Å². The Morgan fingerprint density at radius 3 is 2.94 bits per heavy atom. The van der Waals surface area contributed by atoms with Gasteiger partial charge in [-0.2, -0.15) is 0 Å². The third-order valence-electron chi connectivity index (χ3n) is 2.72. The van der Waals surface area contributed by atoms with Crippen LogP contribution in [0.1, 0.15) is 30.3 Å². The standard InChI is InChI=1S/C14H15FN2O/c1-2-3-9-16-14(18)12-8-7-10-5-4-6-11(15)13(10)17-12/h4-8H,2-3,9H2,1H3,(H,16,18). The maximum Gasteiger partial charge on any atom is 0.269 e. The molecule has 0 aliphatic rings. The molecule has 1 aromatic carbocycles. The van der Waals surface area contributed by atoms with E-state index in [0.29, 0.717) is 11.9 Å². The second-order valence-corrected chi connectivity index (χ2v) is 4.12. The summed E-state index contributed by atoms with van der Waals surface area (Å²) in [5.74, 6) is -0.663. The number of hydrogen-bond donors (Lipinski definition) is 1. The Hall–Kier alpha value is -1.97. The lowest BCUT2D eigenvalue weighted by atomic mass is 10.2.